The number of nitro benzene ring substituents is 1. The first kappa shape index (κ1) is 19.1. The number of nitro groups is 1. The molecule has 2 rings (SSSR count). The Morgan fingerprint density at radius 3 is 2.46 bits per heavy atom. The number of carbonyl (C=O) groups excluding carboxylic acids is 2. The number of halogens is 2. The van der Waals surface area contributed by atoms with E-state index in [-0.39, 0.29) is 22.1 Å². The molecule has 0 saturated carbocycles. The Morgan fingerprint density at radius 2 is 1.85 bits per heavy atom. The molecule has 0 unspecified atom stereocenters. The van der Waals surface area contributed by atoms with Gasteiger partial charge in [0.1, 0.15) is 11.6 Å². The molecule has 2 aromatic rings. The van der Waals surface area contributed by atoms with Crippen molar-refractivity contribution in [2.75, 3.05) is 18.5 Å². The molecule has 0 aliphatic heterocycles. The van der Waals surface area contributed by atoms with Gasteiger partial charge in [-0.25, -0.2) is 9.18 Å². The Morgan fingerprint density at radius 1 is 1.15 bits per heavy atom. The van der Waals surface area contributed by atoms with Crippen LogP contribution in [0.15, 0.2) is 42.5 Å². The number of hydrogen-bond acceptors (Lipinski definition) is 6. The van der Waals surface area contributed by atoms with E-state index in [4.69, 9.17) is 21.1 Å². The average Bonchev–Trinajstić information content (AvgIpc) is 2.61. The van der Waals surface area contributed by atoms with Gasteiger partial charge in [0, 0.05) is 17.2 Å². The van der Waals surface area contributed by atoms with Crippen LogP contribution in [0.3, 0.4) is 0 Å². The largest absolute Gasteiger partial charge is 0.482 e. The van der Waals surface area contributed by atoms with Crippen LogP contribution < -0.4 is 10.1 Å². The zero-order chi connectivity index (χ0) is 19.1. The van der Waals surface area contributed by atoms with Crippen molar-refractivity contribution >= 4 is 34.9 Å². The molecule has 0 radical (unpaired) electrons. The third kappa shape index (κ3) is 5.71. The van der Waals surface area contributed by atoms with Crippen LogP contribution in [-0.2, 0) is 14.3 Å². The SMILES string of the molecule is O=C(COC(=O)COc1ccc([N+](=O)[O-])cc1)Nc1ccc(Cl)cc1F. The normalized spacial score (nSPS) is 10.1. The van der Waals surface area contributed by atoms with Crippen molar-refractivity contribution in [3.05, 3.63) is 63.4 Å². The quantitative estimate of drug-likeness (QED) is 0.448. The van der Waals surface area contributed by atoms with Crippen molar-refractivity contribution < 1.29 is 28.4 Å². The van der Waals surface area contributed by atoms with Crippen molar-refractivity contribution in [3.63, 3.8) is 0 Å². The zero-order valence-electron chi connectivity index (χ0n) is 13.1. The van der Waals surface area contributed by atoms with E-state index in [0.717, 1.165) is 6.07 Å². The third-order valence-corrected chi connectivity index (χ3v) is 3.21. The van der Waals surface area contributed by atoms with Crippen LogP contribution in [0.1, 0.15) is 0 Å². The molecule has 0 atom stereocenters. The van der Waals surface area contributed by atoms with E-state index in [1.165, 1.54) is 36.4 Å². The van der Waals surface area contributed by atoms with Gasteiger partial charge in [0.15, 0.2) is 13.2 Å². The van der Waals surface area contributed by atoms with Gasteiger partial charge in [0.25, 0.3) is 11.6 Å². The second-order valence-electron chi connectivity index (χ2n) is 4.87. The maximum absolute atomic E-state index is 13.5. The van der Waals surface area contributed by atoms with Gasteiger partial charge in [-0.15, -0.1) is 0 Å². The predicted molar refractivity (Wildman–Crippen MR) is 89.6 cm³/mol. The lowest BCUT2D eigenvalue weighted by Gasteiger charge is -2.08. The van der Waals surface area contributed by atoms with E-state index in [1.54, 1.807) is 0 Å². The van der Waals surface area contributed by atoms with Gasteiger partial charge in [0.05, 0.1) is 10.6 Å². The molecule has 0 saturated heterocycles. The molecule has 0 heterocycles. The van der Waals surface area contributed by atoms with Crippen LogP contribution in [0.4, 0.5) is 15.8 Å². The summed E-state index contributed by atoms with van der Waals surface area (Å²) in [6.45, 7) is -1.13. The maximum Gasteiger partial charge on any atom is 0.344 e. The summed E-state index contributed by atoms with van der Waals surface area (Å²) in [5.74, 6) is -2.08. The van der Waals surface area contributed by atoms with E-state index >= 15 is 0 Å². The van der Waals surface area contributed by atoms with Crippen LogP contribution in [0.2, 0.25) is 5.02 Å². The van der Waals surface area contributed by atoms with E-state index in [1.807, 2.05) is 0 Å². The number of esters is 1. The highest BCUT2D eigenvalue weighted by molar-refractivity contribution is 6.30. The summed E-state index contributed by atoms with van der Waals surface area (Å²) < 4.78 is 23.3. The number of carbonyl (C=O) groups is 2. The topological polar surface area (TPSA) is 108 Å². The van der Waals surface area contributed by atoms with E-state index in [9.17, 15) is 24.1 Å². The van der Waals surface area contributed by atoms with Gasteiger partial charge in [0.2, 0.25) is 0 Å². The minimum Gasteiger partial charge on any atom is -0.482 e. The lowest BCUT2D eigenvalue weighted by atomic mass is 10.3. The summed E-state index contributed by atoms with van der Waals surface area (Å²) in [6, 6.07) is 8.77. The summed E-state index contributed by atoms with van der Waals surface area (Å²) >= 11 is 5.60. The second kappa shape index (κ2) is 8.77. The molecular formula is C16H12ClFN2O6. The van der Waals surface area contributed by atoms with Crippen molar-refractivity contribution in [3.8, 4) is 5.75 Å². The molecule has 0 bridgehead atoms. The fourth-order valence-electron chi connectivity index (χ4n) is 1.77. The number of amides is 1. The number of hydrogen-bond donors (Lipinski definition) is 1. The highest BCUT2D eigenvalue weighted by Gasteiger charge is 2.12. The Hall–Kier alpha value is -3.20. The highest BCUT2D eigenvalue weighted by atomic mass is 35.5. The first-order chi connectivity index (χ1) is 12.3. The maximum atomic E-state index is 13.5. The van der Waals surface area contributed by atoms with Gasteiger partial charge in [-0.05, 0) is 30.3 Å². The van der Waals surface area contributed by atoms with Gasteiger partial charge in [-0.1, -0.05) is 11.6 Å². The fraction of sp³-hybridized carbons (Fsp3) is 0.125. The molecule has 0 spiro atoms. The Kier molecular flexibility index (Phi) is 6.45. The van der Waals surface area contributed by atoms with Gasteiger partial charge < -0.3 is 14.8 Å². The highest BCUT2D eigenvalue weighted by Crippen LogP contribution is 2.19. The van der Waals surface area contributed by atoms with Gasteiger partial charge >= 0.3 is 5.97 Å². The van der Waals surface area contributed by atoms with Crippen LogP contribution in [-0.4, -0.2) is 30.0 Å². The molecule has 1 N–H and O–H groups in total. The van der Waals surface area contributed by atoms with Crippen molar-refractivity contribution in [1.29, 1.82) is 0 Å². The molecule has 2 aromatic carbocycles. The van der Waals surface area contributed by atoms with Crippen molar-refractivity contribution in [2.45, 2.75) is 0 Å². The standard InChI is InChI=1S/C16H12ClFN2O6/c17-10-1-6-14(13(18)7-10)19-15(21)8-26-16(22)9-25-12-4-2-11(3-5-12)20(23)24/h1-7H,8-9H2,(H,19,21). The molecule has 136 valence electrons. The molecule has 0 aliphatic rings. The summed E-state index contributed by atoms with van der Waals surface area (Å²) in [6.07, 6.45) is 0. The van der Waals surface area contributed by atoms with E-state index < -0.39 is 35.8 Å². The molecule has 0 fully saturated rings. The summed E-state index contributed by atoms with van der Waals surface area (Å²) in [5.41, 5.74) is -0.219. The second-order valence-corrected chi connectivity index (χ2v) is 5.31. The molecule has 8 nitrogen and oxygen atoms in total. The average molecular weight is 383 g/mol. The van der Waals surface area contributed by atoms with Crippen LogP contribution in [0.5, 0.6) is 5.75 Å². The molecule has 0 aliphatic carbocycles. The minimum atomic E-state index is -0.838. The Labute approximate surface area is 151 Å². The lowest BCUT2D eigenvalue weighted by Crippen LogP contribution is -2.24. The molecule has 26 heavy (non-hydrogen) atoms. The van der Waals surface area contributed by atoms with E-state index in [2.05, 4.69) is 5.32 Å². The number of rotatable bonds is 7. The lowest BCUT2D eigenvalue weighted by molar-refractivity contribution is -0.384. The summed E-state index contributed by atoms with van der Waals surface area (Å²) in [7, 11) is 0. The third-order valence-electron chi connectivity index (χ3n) is 2.97. The first-order valence-corrected chi connectivity index (χ1v) is 7.51. The van der Waals surface area contributed by atoms with Crippen LogP contribution >= 0.6 is 11.6 Å². The van der Waals surface area contributed by atoms with Crippen LogP contribution in [0, 0.1) is 15.9 Å². The van der Waals surface area contributed by atoms with Gasteiger partial charge in [-0.2, -0.15) is 0 Å². The number of ether oxygens (including phenoxy) is 2. The van der Waals surface area contributed by atoms with E-state index in [0.29, 0.717) is 0 Å². The summed E-state index contributed by atoms with van der Waals surface area (Å²) in [5, 5.41) is 12.9. The molecule has 0 aromatic heterocycles. The smallest absolute Gasteiger partial charge is 0.344 e. The first-order valence-electron chi connectivity index (χ1n) is 7.13. The fourth-order valence-corrected chi connectivity index (χ4v) is 1.93. The Balaban J connectivity index is 1.75. The molecule has 10 heteroatoms. The predicted octanol–water partition coefficient (Wildman–Crippen LogP) is 2.95. The number of nitrogens with zero attached hydrogens (tertiary/aromatic N) is 1. The summed E-state index contributed by atoms with van der Waals surface area (Å²) in [4.78, 5) is 33.1. The van der Waals surface area contributed by atoms with Crippen LogP contribution in [0.25, 0.3) is 0 Å². The zero-order valence-corrected chi connectivity index (χ0v) is 13.9. The monoisotopic (exact) mass is 382 g/mol. The number of benzene rings is 2. The minimum absolute atomic E-state index is 0.0995. The number of anilines is 1. The number of nitrogens with one attached hydrogen (secondary N) is 1. The molecule has 1 amide bonds. The number of non-ortho nitro benzene ring substituents is 1. The molecular weight excluding hydrogens is 371 g/mol. The van der Waals surface area contributed by atoms with Crippen molar-refractivity contribution in [2.24, 2.45) is 0 Å². The van der Waals surface area contributed by atoms with Gasteiger partial charge in [-0.3, -0.25) is 14.9 Å². The van der Waals surface area contributed by atoms with Crippen molar-refractivity contribution in [1.82, 2.24) is 0 Å². The Bertz CT molecular complexity index is 828.